The third kappa shape index (κ3) is 5.23. The number of pyridine rings is 1. The maximum atomic E-state index is 17.2. The zero-order chi connectivity index (χ0) is 33.4. The second kappa shape index (κ2) is 11.8. The standard InChI is InChI=1S/C38H41F3N6O2/c1-3-25-27(40)9-7-23-5-4-6-26(29(23)25)32-31(41)33-30-35(47-18-24-8-10-28(42-24)34(47)21(2)49-36(30)43-32)45-37(44-33)48-20-38(13-14-38)19-46-15-11-22(17-39)12-16-46/h4-7,9,17,21,24,28,34,42H,3,8,10-16,18-20H2,1-2H3/t21-,24+,28-,34+/m0/s1. The van der Waals surface area contributed by atoms with E-state index in [9.17, 15) is 4.39 Å². The Morgan fingerprint density at radius 3 is 2.67 bits per heavy atom. The number of ether oxygens (including phenoxy) is 2. The van der Waals surface area contributed by atoms with Crippen LogP contribution in [-0.2, 0) is 6.42 Å². The lowest BCUT2D eigenvalue weighted by molar-refractivity contribution is 0.147. The Bertz CT molecular complexity index is 1990. The van der Waals surface area contributed by atoms with Crippen molar-refractivity contribution in [2.45, 2.75) is 83.0 Å². The Balaban J connectivity index is 1.16. The second-order valence-corrected chi connectivity index (χ2v) is 14.8. The van der Waals surface area contributed by atoms with Crippen molar-refractivity contribution < 1.29 is 22.6 Å². The van der Waals surface area contributed by atoms with Gasteiger partial charge in [-0.05, 0) is 79.8 Å². The molecule has 8 nitrogen and oxygen atoms in total. The fourth-order valence-electron chi connectivity index (χ4n) is 8.83. The minimum Gasteiger partial charge on any atom is -0.472 e. The molecule has 256 valence electrons. The highest BCUT2D eigenvalue weighted by molar-refractivity contribution is 6.02. The number of anilines is 1. The van der Waals surface area contributed by atoms with Crippen LogP contribution in [0.2, 0.25) is 0 Å². The van der Waals surface area contributed by atoms with E-state index in [2.05, 4.69) is 15.1 Å². The monoisotopic (exact) mass is 670 g/mol. The summed E-state index contributed by atoms with van der Waals surface area (Å²) in [5.74, 6) is -0.0673. The molecule has 4 atom stereocenters. The molecular formula is C38H41F3N6O2. The summed E-state index contributed by atoms with van der Waals surface area (Å²) in [6.45, 7) is 7.59. The first kappa shape index (κ1) is 31.1. The number of fused-ring (bicyclic) bond motifs is 6. The first-order chi connectivity index (χ1) is 23.8. The van der Waals surface area contributed by atoms with Crippen molar-refractivity contribution in [3.05, 3.63) is 59.4 Å². The molecule has 0 amide bonds. The van der Waals surface area contributed by atoms with Crippen LogP contribution in [-0.4, -0.2) is 76.9 Å². The molecule has 4 fully saturated rings. The van der Waals surface area contributed by atoms with Crippen LogP contribution >= 0.6 is 0 Å². The smallest absolute Gasteiger partial charge is 0.319 e. The van der Waals surface area contributed by atoms with E-state index < -0.39 is 5.82 Å². The Kier molecular flexibility index (Phi) is 7.50. The van der Waals surface area contributed by atoms with E-state index in [1.807, 2.05) is 26.0 Å². The molecule has 2 aromatic carbocycles. The van der Waals surface area contributed by atoms with Gasteiger partial charge in [0.15, 0.2) is 5.82 Å². The van der Waals surface area contributed by atoms with Crippen LogP contribution in [0.25, 0.3) is 32.9 Å². The minimum absolute atomic E-state index is 0.0334. The minimum atomic E-state index is -0.606. The summed E-state index contributed by atoms with van der Waals surface area (Å²) < 4.78 is 58.4. The van der Waals surface area contributed by atoms with Crippen LogP contribution in [0.15, 0.2) is 42.2 Å². The number of nitrogens with zero attached hydrogens (tertiary/aromatic N) is 5. The normalized spacial score (nSPS) is 25.7. The SMILES string of the molecule is CCc1c(F)ccc2cccc(-c3nc4c5c(nc(OCC6(CN7CCC(=CF)CC7)CC6)nc5c3F)N3C[C@H]5CC[C@H](N5)[C@H]3[C@H](C)O4)c12. The number of aryl methyl sites for hydroxylation is 1. The van der Waals surface area contributed by atoms with Gasteiger partial charge in [0.25, 0.3) is 0 Å². The molecule has 1 aliphatic carbocycles. The van der Waals surface area contributed by atoms with Gasteiger partial charge in [-0.15, -0.1) is 0 Å². The molecule has 6 heterocycles. The number of halogens is 3. The highest BCUT2D eigenvalue weighted by atomic mass is 19.1. The second-order valence-electron chi connectivity index (χ2n) is 14.8. The van der Waals surface area contributed by atoms with Crippen LogP contribution in [0, 0.1) is 17.0 Å². The average Bonchev–Trinajstić information content (AvgIpc) is 3.81. The average molecular weight is 671 g/mol. The predicted octanol–water partition coefficient (Wildman–Crippen LogP) is 6.88. The van der Waals surface area contributed by atoms with E-state index in [4.69, 9.17) is 24.4 Å². The molecule has 0 spiro atoms. The lowest BCUT2D eigenvalue weighted by atomic mass is 9.95. The van der Waals surface area contributed by atoms with Gasteiger partial charge in [0.2, 0.25) is 5.88 Å². The summed E-state index contributed by atoms with van der Waals surface area (Å²) in [6.07, 6.45) is 6.55. The van der Waals surface area contributed by atoms with Gasteiger partial charge in [-0.1, -0.05) is 31.2 Å². The van der Waals surface area contributed by atoms with E-state index in [-0.39, 0.29) is 52.5 Å². The number of piperazine rings is 1. The zero-order valence-corrected chi connectivity index (χ0v) is 27.9. The summed E-state index contributed by atoms with van der Waals surface area (Å²) in [5, 5.41) is 5.64. The molecule has 2 bridgehead atoms. The third-order valence-electron chi connectivity index (χ3n) is 11.6. The van der Waals surface area contributed by atoms with Crippen molar-refractivity contribution in [2.24, 2.45) is 5.41 Å². The van der Waals surface area contributed by atoms with Crippen molar-refractivity contribution in [3.8, 4) is 23.1 Å². The number of nitrogens with one attached hydrogen (secondary N) is 1. The van der Waals surface area contributed by atoms with Crippen molar-refractivity contribution in [3.63, 3.8) is 0 Å². The van der Waals surface area contributed by atoms with E-state index in [1.165, 1.54) is 6.07 Å². The van der Waals surface area contributed by atoms with E-state index in [1.54, 1.807) is 12.1 Å². The number of aromatic nitrogens is 3. The van der Waals surface area contributed by atoms with Gasteiger partial charge < -0.3 is 24.6 Å². The van der Waals surface area contributed by atoms with Crippen LogP contribution in [0.4, 0.5) is 19.0 Å². The fraction of sp³-hybridized carbons (Fsp3) is 0.500. The molecule has 4 aromatic rings. The van der Waals surface area contributed by atoms with E-state index in [0.717, 1.165) is 75.4 Å². The van der Waals surface area contributed by atoms with Gasteiger partial charge in [-0.3, -0.25) is 0 Å². The van der Waals surface area contributed by atoms with Crippen molar-refractivity contribution in [2.75, 3.05) is 37.7 Å². The lowest BCUT2D eigenvalue weighted by Crippen LogP contribution is -2.62. The fourth-order valence-corrected chi connectivity index (χ4v) is 8.83. The quantitative estimate of drug-likeness (QED) is 0.228. The van der Waals surface area contributed by atoms with Gasteiger partial charge in [0.05, 0.1) is 19.0 Å². The predicted molar refractivity (Wildman–Crippen MR) is 183 cm³/mol. The Labute approximate surface area is 283 Å². The summed E-state index contributed by atoms with van der Waals surface area (Å²) >= 11 is 0. The molecule has 4 aliphatic heterocycles. The maximum Gasteiger partial charge on any atom is 0.319 e. The number of rotatable bonds is 7. The molecule has 2 aromatic heterocycles. The number of hydrogen-bond donors (Lipinski definition) is 1. The summed E-state index contributed by atoms with van der Waals surface area (Å²) in [7, 11) is 0. The van der Waals surface area contributed by atoms with Crippen LogP contribution in [0.5, 0.6) is 11.9 Å². The van der Waals surface area contributed by atoms with Crippen molar-refractivity contribution >= 4 is 27.5 Å². The van der Waals surface area contributed by atoms with Crippen LogP contribution in [0.1, 0.15) is 57.9 Å². The number of benzene rings is 2. The summed E-state index contributed by atoms with van der Waals surface area (Å²) in [5.41, 5.74) is 2.02. The molecule has 0 unspecified atom stereocenters. The topological polar surface area (TPSA) is 75.6 Å². The molecule has 49 heavy (non-hydrogen) atoms. The largest absolute Gasteiger partial charge is 0.472 e. The molecule has 9 rings (SSSR count). The molecule has 5 aliphatic rings. The number of piperidine rings is 1. The van der Waals surface area contributed by atoms with Crippen LogP contribution < -0.4 is 19.7 Å². The van der Waals surface area contributed by atoms with Crippen molar-refractivity contribution in [1.29, 1.82) is 0 Å². The van der Waals surface area contributed by atoms with Gasteiger partial charge >= 0.3 is 6.01 Å². The summed E-state index contributed by atoms with van der Waals surface area (Å²) in [4.78, 5) is 19.3. The molecule has 11 heteroatoms. The Morgan fingerprint density at radius 1 is 1.06 bits per heavy atom. The highest BCUT2D eigenvalue weighted by Gasteiger charge is 2.48. The first-order valence-electron chi connectivity index (χ1n) is 17.8. The summed E-state index contributed by atoms with van der Waals surface area (Å²) in [6, 6.07) is 9.32. The molecule has 1 saturated carbocycles. The third-order valence-corrected chi connectivity index (χ3v) is 11.6. The van der Waals surface area contributed by atoms with E-state index >= 15 is 8.78 Å². The molecular weight excluding hydrogens is 629 g/mol. The Hall–Kier alpha value is -3.96. The Morgan fingerprint density at radius 2 is 1.90 bits per heavy atom. The zero-order valence-electron chi connectivity index (χ0n) is 27.9. The lowest BCUT2D eigenvalue weighted by Gasteiger charge is -2.42. The maximum absolute atomic E-state index is 17.2. The van der Waals surface area contributed by atoms with Gasteiger partial charge in [-0.25, -0.2) is 18.2 Å². The number of likely N-dealkylation sites (tertiary alicyclic amines) is 1. The van der Waals surface area contributed by atoms with Gasteiger partial charge in [-0.2, -0.15) is 9.97 Å². The molecule has 3 saturated heterocycles. The van der Waals surface area contributed by atoms with Gasteiger partial charge in [0.1, 0.15) is 34.3 Å². The van der Waals surface area contributed by atoms with Gasteiger partial charge in [0, 0.05) is 49.2 Å². The van der Waals surface area contributed by atoms with Crippen molar-refractivity contribution in [1.82, 2.24) is 25.2 Å². The van der Waals surface area contributed by atoms with E-state index in [0.29, 0.717) is 53.3 Å². The molecule has 1 N–H and O–H groups in total. The molecule has 0 radical (unpaired) electrons. The van der Waals surface area contributed by atoms with Crippen LogP contribution in [0.3, 0.4) is 0 Å². The first-order valence-corrected chi connectivity index (χ1v) is 17.8. The highest BCUT2D eigenvalue weighted by Crippen LogP contribution is 2.48. The number of hydrogen-bond acceptors (Lipinski definition) is 8.